The number of hydrogen-bond acceptors (Lipinski definition) is 2. The van der Waals surface area contributed by atoms with Crippen molar-refractivity contribution in [1.29, 1.82) is 0 Å². The van der Waals surface area contributed by atoms with Gasteiger partial charge in [0.2, 0.25) is 0 Å². The van der Waals surface area contributed by atoms with Crippen molar-refractivity contribution in [2.75, 3.05) is 13.1 Å². The molecule has 1 aliphatic heterocycles. The fourth-order valence-electron chi connectivity index (χ4n) is 2.89. The van der Waals surface area contributed by atoms with Crippen LogP contribution in [-0.4, -0.2) is 35.3 Å². The number of likely N-dealkylation sites (tertiary alicyclic amines) is 1. The lowest BCUT2D eigenvalue weighted by Gasteiger charge is -2.37. The molecular weight excluding hydrogens is 279 g/mol. The van der Waals surface area contributed by atoms with E-state index in [4.69, 9.17) is 0 Å². The number of benzene rings is 1. The Morgan fingerprint density at radius 1 is 1.29 bits per heavy atom. The van der Waals surface area contributed by atoms with Crippen LogP contribution in [-0.2, 0) is 6.42 Å². The van der Waals surface area contributed by atoms with E-state index in [0.717, 1.165) is 24.9 Å². The smallest absolute Gasteiger partial charge is 0.393 e. The molecule has 0 aliphatic carbocycles. The Balaban J connectivity index is 1.85. The molecule has 1 aromatic carbocycles. The highest BCUT2D eigenvalue weighted by Gasteiger charge is 2.42. The Morgan fingerprint density at radius 3 is 2.57 bits per heavy atom. The van der Waals surface area contributed by atoms with Crippen LogP contribution in [0, 0.1) is 5.92 Å². The number of alkyl halides is 3. The van der Waals surface area contributed by atoms with Crippen molar-refractivity contribution in [3.63, 3.8) is 0 Å². The molecule has 21 heavy (non-hydrogen) atoms. The third kappa shape index (κ3) is 4.63. The van der Waals surface area contributed by atoms with E-state index >= 15 is 0 Å². The lowest BCUT2D eigenvalue weighted by molar-refractivity contribution is -0.188. The van der Waals surface area contributed by atoms with E-state index in [1.165, 1.54) is 0 Å². The van der Waals surface area contributed by atoms with E-state index in [1.54, 1.807) is 12.1 Å². The molecule has 0 spiro atoms. The Hall–Kier alpha value is -1.23. The maximum absolute atomic E-state index is 12.8. The van der Waals surface area contributed by atoms with Crippen LogP contribution in [0.25, 0.3) is 0 Å². The van der Waals surface area contributed by atoms with Gasteiger partial charge in [0.1, 0.15) is 5.75 Å². The van der Waals surface area contributed by atoms with Crippen molar-refractivity contribution < 1.29 is 18.3 Å². The zero-order valence-electron chi connectivity index (χ0n) is 12.2. The average molecular weight is 301 g/mol. The van der Waals surface area contributed by atoms with Crippen LogP contribution in [0.5, 0.6) is 5.75 Å². The summed E-state index contributed by atoms with van der Waals surface area (Å²) in [5.74, 6) is -0.946. The van der Waals surface area contributed by atoms with Crippen molar-refractivity contribution in [3.8, 4) is 5.75 Å². The average Bonchev–Trinajstić information content (AvgIpc) is 2.45. The number of nitrogens with zero attached hydrogens (tertiary/aromatic N) is 1. The molecule has 0 bridgehead atoms. The monoisotopic (exact) mass is 301 g/mol. The molecule has 1 fully saturated rings. The van der Waals surface area contributed by atoms with Crippen LogP contribution in [0.15, 0.2) is 24.3 Å². The first-order valence-electron chi connectivity index (χ1n) is 7.45. The summed E-state index contributed by atoms with van der Waals surface area (Å²) in [6.07, 6.45) is -1.56. The van der Waals surface area contributed by atoms with Crippen LogP contribution in [0.2, 0.25) is 0 Å². The van der Waals surface area contributed by atoms with E-state index in [9.17, 15) is 18.3 Å². The highest BCUT2D eigenvalue weighted by atomic mass is 19.4. The SMILES string of the molecule is CC(CCc1ccc(O)cc1)N1CCCC(C(F)(F)F)C1. The molecule has 1 aliphatic rings. The molecule has 0 radical (unpaired) electrons. The number of hydrogen-bond donors (Lipinski definition) is 1. The third-order valence-electron chi connectivity index (χ3n) is 4.33. The fraction of sp³-hybridized carbons (Fsp3) is 0.625. The zero-order valence-corrected chi connectivity index (χ0v) is 12.2. The number of piperidine rings is 1. The minimum absolute atomic E-state index is 0.125. The lowest BCUT2D eigenvalue weighted by atomic mass is 9.95. The predicted octanol–water partition coefficient (Wildman–Crippen LogP) is 3.99. The van der Waals surface area contributed by atoms with Crippen LogP contribution in [0.3, 0.4) is 0 Å². The van der Waals surface area contributed by atoms with E-state index in [0.29, 0.717) is 6.42 Å². The number of aromatic hydroxyl groups is 1. The van der Waals surface area contributed by atoms with Gasteiger partial charge in [-0.1, -0.05) is 12.1 Å². The number of phenols is 1. The normalized spacial score (nSPS) is 22.2. The Kier molecular flexibility index (Phi) is 5.14. The van der Waals surface area contributed by atoms with E-state index in [1.807, 2.05) is 24.0 Å². The molecule has 118 valence electrons. The number of phenolic OH excluding ortho intramolecular Hbond substituents is 1. The van der Waals surface area contributed by atoms with E-state index in [-0.39, 0.29) is 24.8 Å². The molecule has 2 unspecified atom stereocenters. The second-order valence-electron chi connectivity index (χ2n) is 5.93. The first-order valence-corrected chi connectivity index (χ1v) is 7.45. The van der Waals surface area contributed by atoms with Crippen LogP contribution in [0.1, 0.15) is 31.7 Å². The van der Waals surface area contributed by atoms with E-state index in [2.05, 4.69) is 0 Å². The molecule has 0 amide bonds. The van der Waals surface area contributed by atoms with Crippen molar-refractivity contribution >= 4 is 0 Å². The number of aryl methyl sites for hydroxylation is 1. The van der Waals surface area contributed by atoms with Gasteiger partial charge >= 0.3 is 6.18 Å². The molecule has 0 saturated carbocycles. The Bertz CT molecular complexity index is 444. The van der Waals surface area contributed by atoms with Gasteiger partial charge in [0, 0.05) is 12.6 Å². The zero-order chi connectivity index (χ0) is 15.5. The fourth-order valence-corrected chi connectivity index (χ4v) is 2.89. The molecule has 2 rings (SSSR count). The van der Waals surface area contributed by atoms with Crippen LogP contribution in [0.4, 0.5) is 13.2 Å². The second-order valence-corrected chi connectivity index (χ2v) is 5.93. The summed E-state index contributed by atoms with van der Waals surface area (Å²) < 4.78 is 38.4. The van der Waals surface area contributed by atoms with Crippen LogP contribution < -0.4 is 0 Å². The summed E-state index contributed by atoms with van der Waals surface area (Å²) in [5, 5.41) is 9.23. The number of halogens is 3. The molecule has 0 aromatic heterocycles. The summed E-state index contributed by atoms with van der Waals surface area (Å²) >= 11 is 0. The van der Waals surface area contributed by atoms with Gasteiger partial charge < -0.3 is 10.0 Å². The lowest BCUT2D eigenvalue weighted by Crippen LogP contribution is -2.45. The summed E-state index contributed by atoms with van der Waals surface area (Å²) in [4.78, 5) is 1.96. The molecule has 1 heterocycles. The molecule has 1 saturated heterocycles. The maximum Gasteiger partial charge on any atom is 0.393 e. The molecule has 1 aromatic rings. The minimum Gasteiger partial charge on any atom is -0.508 e. The highest BCUT2D eigenvalue weighted by Crippen LogP contribution is 2.34. The van der Waals surface area contributed by atoms with Gasteiger partial charge in [0.25, 0.3) is 0 Å². The minimum atomic E-state index is -4.07. The molecular formula is C16H22F3NO. The van der Waals surface area contributed by atoms with Gasteiger partial charge in [-0.05, 0) is 56.8 Å². The summed E-state index contributed by atoms with van der Waals surface area (Å²) in [6.45, 7) is 2.88. The van der Waals surface area contributed by atoms with E-state index < -0.39 is 12.1 Å². The molecule has 2 nitrogen and oxygen atoms in total. The van der Waals surface area contributed by atoms with Crippen molar-refractivity contribution in [3.05, 3.63) is 29.8 Å². The molecule has 1 N–H and O–H groups in total. The Morgan fingerprint density at radius 2 is 1.95 bits per heavy atom. The number of rotatable bonds is 4. The van der Waals surface area contributed by atoms with Gasteiger partial charge in [-0.15, -0.1) is 0 Å². The summed E-state index contributed by atoms with van der Waals surface area (Å²) in [7, 11) is 0. The second kappa shape index (κ2) is 6.69. The topological polar surface area (TPSA) is 23.5 Å². The predicted molar refractivity (Wildman–Crippen MR) is 76.2 cm³/mol. The molecule has 5 heteroatoms. The Labute approximate surface area is 123 Å². The standard InChI is InChI=1S/C16H22F3NO/c1-12(4-5-13-6-8-15(21)9-7-13)20-10-2-3-14(11-20)16(17,18)19/h6-9,12,14,21H,2-5,10-11H2,1H3. The highest BCUT2D eigenvalue weighted by molar-refractivity contribution is 5.25. The van der Waals surface area contributed by atoms with Gasteiger partial charge in [-0.3, -0.25) is 0 Å². The van der Waals surface area contributed by atoms with Gasteiger partial charge in [-0.25, -0.2) is 0 Å². The maximum atomic E-state index is 12.8. The van der Waals surface area contributed by atoms with Gasteiger partial charge in [0.15, 0.2) is 0 Å². The summed E-state index contributed by atoms with van der Waals surface area (Å²) in [5.41, 5.74) is 1.10. The largest absolute Gasteiger partial charge is 0.508 e. The first-order chi connectivity index (χ1) is 9.86. The molecule has 2 atom stereocenters. The van der Waals surface area contributed by atoms with Gasteiger partial charge in [0.05, 0.1) is 5.92 Å². The van der Waals surface area contributed by atoms with Crippen molar-refractivity contribution in [2.45, 2.75) is 44.8 Å². The van der Waals surface area contributed by atoms with Gasteiger partial charge in [-0.2, -0.15) is 13.2 Å². The summed E-state index contributed by atoms with van der Waals surface area (Å²) in [6, 6.07) is 7.14. The van der Waals surface area contributed by atoms with Crippen molar-refractivity contribution in [1.82, 2.24) is 4.90 Å². The first kappa shape index (κ1) is 16.1. The van der Waals surface area contributed by atoms with Crippen molar-refractivity contribution in [2.24, 2.45) is 5.92 Å². The van der Waals surface area contributed by atoms with Crippen LogP contribution >= 0.6 is 0 Å². The third-order valence-corrected chi connectivity index (χ3v) is 4.33. The quantitative estimate of drug-likeness (QED) is 0.909.